The number of aromatic nitrogens is 2. The first kappa shape index (κ1) is 18.9. The summed E-state index contributed by atoms with van der Waals surface area (Å²) < 4.78 is 10.7. The molecule has 0 saturated carbocycles. The van der Waals surface area contributed by atoms with Crippen molar-refractivity contribution >= 4 is 17.5 Å². The summed E-state index contributed by atoms with van der Waals surface area (Å²) in [5.74, 6) is 2.02. The zero-order chi connectivity index (χ0) is 19.1. The van der Waals surface area contributed by atoms with Crippen molar-refractivity contribution in [1.82, 2.24) is 15.1 Å². The molecule has 0 bridgehead atoms. The Bertz CT molecular complexity index is 745. The minimum absolute atomic E-state index is 0.136. The summed E-state index contributed by atoms with van der Waals surface area (Å²) >= 11 is 0. The Morgan fingerprint density at radius 1 is 1.07 bits per heavy atom. The second-order valence-electron chi connectivity index (χ2n) is 6.19. The number of hydrogen-bond acceptors (Lipinski definition) is 7. The minimum Gasteiger partial charge on any atom is -0.493 e. The van der Waals surface area contributed by atoms with Gasteiger partial charge in [0, 0.05) is 26.2 Å². The Morgan fingerprint density at radius 3 is 2.44 bits per heavy atom. The summed E-state index contributed by atoms with van der Waals surface area (Å²) in [5, 5.41) is 11.0. The van der Waals surface area contributed by atoms with Crippen molar-refractivity contribution < 1.29 is 14.3 Å². The van der Waals surface area contributed by atoms with Crippen LogP contribution in [0.1, 0.15) is 6.92 Å². The summed E-state index contributed by atoms with van der Waals surface area (Å²) in [6, 6.07) is 10.8. The molecular weight excluding hydrogens is 346 g/mol. The van der Waals surface area contributed by atoms with Crippen LogP contribution in [0, 0.1) is 0 Å². The van der Waals surface area contributed by atoms with E-state index in [-0.39, 0.29) is 12.5 Å². The van der Waals surface area contributed by atoms with Gasteiger partial charge in [-0.3, -0.25) is 4.79 Å². The lowest BCUT2D eigenvalue weighted by molar-refractivity contribution is -0.118. The highest BCUT2D eigenvalue weighted by Gasteiger charge is 2.17. The van der Waals surface area contributed by atoms with E-state index in [9.17, 15) is 4.79 Å². The molecule has 0 atom stereocenters. The standard InChI is InChI=1S/C19H25N5O3/c1-3-23-10-12-24(13-11-23)18-9-8-17(21-22-18)20-19(25)14-27-16-7-5-4-6-15(16)26-2/h4-9H,3,10-14H2,1-2H3,(H,20,21,25). The molecule has 2 heterocycles. The topological polar surface area (TPSA) is 79.8 Å². The molecular formula is C19H25N5O3. The van der Waals surface area contributed by atoms with E-state index in [0.717, 1.165) is 38.5 Å². The SMILES string of the molecule is CCN1CCN(c2ccc(NC(=O)COc3ccccc3OC)nn2)CC1. The average molecular weight is 371 g/mol. The maximum atomic E-state index is 12.1. The van der Waals surface area contributed by atoms with Crippen molar-refractivity contribution in [3.63, 3.8) is 0 Å². The highest BCUT2D eigenvalue weighted by atomic mass is 16.5. The predicted molar refractivity (Wildman–Crippen MR) is 103 cm³/mol. The zero-order valence-electron chi connectivity index (χ0n) is 15.7. The summed E-state index contributed by atoms with van der Waals surface area (Å²) in [5.41, 5.74) is 0. The lowest BCUT2D eigenvalue weighted by Crippen LogP contribution is -2.46. The van der Waals surface area contributed by atoms with Gasteiger partial charge in [0.25, 0.3) is 5.91 Å². The van der Waals surface area contributed by atoms with Gasteiger partial charge < -0.3 is 24.6 Å². The van der Waals surface area contributed by atoms with Gasteiger partial charge in [0.1, 0.15) is 0 Å². The third-order valence-electron chi connectivity index (χ3n) is 4.49. The smallest absolute Gasteiger partial charge is 0.263 e. The third-order valence-corrected chi connectivity index (χ3v) is 4.49. The maximum Gasteiger partial charge on any atom is 0.263 e. The molecule has 1 aromatic heterocycles. The fraction of sp³-hybridized carbons (Fsp3) is 0.421. The number of rotatable bonds is 7. The molecule has 1 aliphatic heterocycles. The van der Waals surface area contributed by atoms with E-state index in [0.29, 0.717) is 17.3 Å². The van der Waals surface area contributed by atoms with Crippen LogP contribution in [0.4, 0.5) is 11.6 Å². The highest BCUT2D eigenvalue weighted by molar-refractivity contribution is 5.90. The third kappa shape index (κ3) is 5.07. The molecule has 27 heavy (non-hydrogen) atoms. The van der Waals surface area contributed by atoms with Gasteiger partial charge in [-0.1, -0.05) is 19.1 Å². The van der Waals surface area contributed by atoms with Gasteiger partial charge >= 0.3 is 0 Å². The summed E-state index contributed by atoms with van der Waals surface area (Å²) in [4.78, 5) is 16.7. The Labute approximate surface area is 159 Å². The van der Waals surface area contributed by atoms with Crippen LogP contribution >= 0.6 is 0 Å². The van der Waals surface area contributed by atoms with Gasteiger partial charge in [-0.05, 0) is 30.8 Å². The molecule has 0 radical (unpaired) electrons. The Kier molecular flexibility index (Phi) is 6.43. The number of benzene rings is 1. The van der Waals surface area contributed by atoms with E-state index in [1.165, 1.54) is 0 Å². The molecule has 0 aliphatic carbocycles. The van der Waals surface area contributed by atoms with Crippen molar-refractivity contribution in [3.8, 4) is 11.5 Å². The number of methoxy groups -OCH3 is 1. The number of anilines is 2. The van der Waals surface area contributed by atoms with Gasteiger partial charge in [0.2, 0.25) is 0 Å². The molecule has 1 aromatic carbocycles. The maximum absolute atomic E-state index is 12.1. The Balaban J connectivity index is 1.50. The van der Waals surface area contributed by atoms with Crippen LogP contribution in [-0.2, 0) is 4.79 Å². The first-order valence-corrected chi connectivity index (χ1v) is 9.06. The number of amides is 1. The molecule has 8 heteroatoms. The number of likely N-dealkylation sites (N-methyl/N-ethyl adjacent to an activating group) is 1. The largest absolute Gasteiger partial charge is 0.493 e. The summed E-state index contributed by atoms with van der Waals surface area (Å²) in [7, 11) is 1.56. The van der Waals surface area contributed by atoms with E-state index in [2.05, 4.69) is 32.2 Å². The van der Waals surface area contributed by atoms with Crippen LogP contribution in [0.5, 0.6) is 11.5 Å². The number of ether oxygens (including phenoxy) is 2. The molecule has 1 amide bonds. The monoisotopic (exact) mass is 371 g/mol. The van der Waals surface area contributed by atoms with E-state index >= 15 is 0 Å². The van der Waals surface area contributed by atoms with Gasteiger partial charge in [0.05, 0.1) is 7.11 Å². The van der Waals surface area contributed by atoms with Crippen LogP contribution < -0.4 is 19.7 Å². The fourth-order valence-corrected chi connectivity index (χ4v) is 2.91. The molecule has 1 fully saturated rings. The zero-order valence-corrected chi connectivity index (χ0v) is 15.7. The van der Waals surface area contributed by atoms with Crippen LogP contribution in [0.15, 0.2) is 36.4 Å². The van der Waals surface area contributed by atoms with E-state index in [1.54, 1.807) is 25.3 Å². The van der Waals surface area contributed by atoms with E-state index in [1.807, 2.05) is 18.2 Å². The molecule has 0 spiro atoms. The fourth-order valence-electron chi connectivity index (χ4n) is 2.91. The number of hydrogen-bond donors (Lipinski definition) is 1. The van der Waals surface area contributed by atoms with Gasteiger partial charge in [0.15, 0.2) is 29.7 Å². The summed E-state index contributed by atoms with van der Waals surface area (Å²) in [6.45, 7) is 7.02. The minimum atomic E-state index is -0.306. The second kappa shape index (κ2) is 9.18. The van der Waals surface area contributed by atoms with Gasteiger partial charge in [-0.15, -0.1) is 10.2 Å². The molecule has 8 nitrogen and oxygen atoms in total. The number of carbonyl (C=O) groups is 1. The van der Waals surface area contributed by atoms with Crippen molar-refractivity contribution in [1.29, 1.82) is 0 Å². The lowest BCUT2D eigenvalue weighted by atomic mass is 10.3. The first-order chi connectivity index (χ1) is 13.2. The first-order valence-electron chi connectivity index (χ1n) is 9.06. The molecule has 3 rings (SSSR count). The van der Waals surface area contributed by atoms with Crippen LogP contribution in [-0.4, -0.2) is 67.4 Å². The van der Waals surface area contributed by atoms with E-state index < -0.39 is 0 Å². The van der Waals surface area contributed by atoms with Crippen molar-refractivity contribution in [2.75, 3.05) is 56.7 Å². The predicted octanol–water partition coefficient (Wildman–Crippen LogP) is 1.64. The van der Waals surface area contributed by atoms with Crippen LogP contribution in [0.25, 0.3) is 0 Å². The molecule has 0 unspecified atom stereocenters. The van der Waals surface area contributed by atoms with Crippen molar-refractivity contribution in [3.05, 3.63) is 36.4 Å². The molecule has 1 N–H and O–H groups in total. The highest BCUT2D eigenvalue weighted by Crippen LogP contribution is 2.25. The summed E-state index contributed by atoms with van der Waals surface area (Å²) in [6.07, 6.45) is 0. The normalized spacial score (nSPS) is 14.7. The van der Waals surface area contributed by atoms with Gasteiger partial charge in [-0.25, -0.2) is 0 Å². The molecule has 144 valence electrons. The van der Waals surface area contributed by atoms with Crippen molar-refractivity contribution in [2.24, 2.45) is 0 Å². The second-order valence-corrected chi connectivity index (χ2v) is 6.19. The van der Waals surface area contributed by atoms with Crippen LogP contribution in [0.3, 0.4) is 0 Å². The number of nitrogens with zero attached hydrogens (tertiary/aromatic N) is 4. The quantitative estimate of drug-likeness (QED) is 0.793. The number of carbonyl (C=O) groups excluding carboxylic acids is 1. The molecule has 1 saturated heterocycles. The van der Waals surface area contributed by atoms with Crippen LogP contribution in [0.2, 0.25) is 0 Å². The number of nitrogens with one attached hydrogen (secondary N) is 1. The van der Waals surface area contributed by atoms with Crippen molar-refractivity contribution in [2.45, 2.75) is 6.92 Å². The number of piperazine rings is 1. The Hall–Kier alpha value is -2.87. The molecule has 2 aromatic rings. The Morgan fingerprint density at radius 2 is 1.81 bits per heavy atom. The number of para-hydroxylation sites is 2. The van der Waals surface area contributed by atoms with E-state index in [4.69, 9.17) is 9.47 Å². The lowest BCUT2D eigenvalue weighted by Gasteiger charge is -2.34. The molecule has 1 aliphatic rings. The average Bonchev–Trinajstić information content (AvgIpc) is 2.73. The van der Waals surface area contributed by atoms with Gasteiger partial charge in [-0.2, -0.15) is 0 Å².